The van der Waals surface area contributed by atoms with Crippen molar-refractivity contribution in [2.45, 2.75) is 0 Å². The highest BCUT2D eigenvalue weighted by atomic mass is 16.3. The Morgan fingerprint density at radius 3 is 2.20 bits per heavy atom. The number of benzene rings is 6. The lowest BCUT2D eigenvalue weighted by atomic mass is 10.0. The number of furan rings is 1. The molecule has 2 heterocycles. The molecule has 0 bridgehead atoms. The van der Waals surface area contributed by atoms with Crippen LogP contribution in [0.1, 0.15) is 11.1 Å². The fraction of sp³-hybridized carbons (Fsp3) is 0.0256. The minimum Gasteiger partial charge on any atom is -0.456 e. The van der Waals surface area contributed by atoms with Crippen LogP contribution in [0, 0.1) is 22.7 Å². The molecule has 8 rings (SSSR count). The summed E-state index contributed by atoms with van der Waals surface area (Å²) >= 11 is 0. The first kappa shape index (κ1) is 25.4. The average Bonchev–Trinajstić information content (AvgIpc) is 3.63. The predicted octanol–water partition coefficient (Wildman–Crippen LogP) is 9.86. The molecule has 0 aliphatic heterocycles. The lowest BCUT2D eigenvalue weighted by Crippen LogP contribution is -2.11. The van der Waals surface area contributed by atoms with Crippen LogP contribution in [0.25, 0.3) is 60.6 Å². The number of hydrogen-bond donors (Lipinski definition) is 0. The van der Waals surface area contributed by atoms with Crippen LogP contribution in [0.15, 0.2) is 132 Å². The number of fused-ring (bicyclic) bond motifs is 6. The van der Waals surface area contributed by atoms with Gasteiger partial charge in [0.05, 0.1) is 34.3 Å². The first-order valence-corrected chi connectivity index (χ1v) is 14.4. The van der Waals surface area contributed by atoms with Crippen LogP contribution < -0.4 is 4.90 Å². The van der Waals surface area contributed by atoms with E-state index in [1.807, 2.05) is 48.5 Å². The van der Waals surface area contributed by atoms with Crippen molar-refractivity contribution >= 4 is 55.1 Å². The summed E-state index contributed by atoms with van der Waals surface area (Å²) in [5.74, 6) is 0. The Hall–Kier alpha value is -6.30. The quantitative estimate of drug-likeness (QED) is 0.213. The molecule has 6 aromatic carbocycles. The first-order valence-electron chi connectivity index (χ1n) is 14.4. The first-order chi connectivity index (χ1) is 21.6. The Bertz CT molecular complexity index is 2490. The Labute approximate surface area is 253 Å². The highest BCUT2D eigenvalue weighted by Crippen LogP contribution is 2.40. The molecule has 0 spiro atoms. The van der Waals surface area contributed by atoms with Crippen LogP contribution in [-0.4, -0.2) is 11.6 Å². The van der Waals surface area contributed by atoms with E-state index >= 15 is 0 Å². The summed E-state index contributed by atoms with van der Waals surface area (Å²) in [5, 5.41) is 23.3. The average molecular weight is 565 g/mol. The van der Waals surface area contributed by atoms with E-state index in [1.54, 1.807) is 6.07 Å². The monoisotopic (exact) mass is 564 g/mol. The molecule has 0 aliphatic carbocycles. The second-order valence-electron chi connectivity index (χ2n) is 10.9. The van der Waals surface area contributed by atoms with E-state index < -0.39 is 0 Å². The van der Waals surface area contributed by atoms with Crippen molar-refractivity contribution in [1.82, 2.24) is 4.57 Å². The van der Waals surface area contributed by atoms with Gasteiger partial charge in [-0.25, -0.2) is 0 Å². The third-order valence-electron chi connectivity index (χ3n) is 8.47. The topological polar surface area (TPSA) is 68.9 Å². The van der Waals surface area contributed by atoms with Crippen LogP contribution in [0.2, 0.25) is 0 Å². The van der Waals surface area contributed by atoms with Crippen molar-refractivity contribution < 1.29 is 4.42 Å². The van der Waals surface area contributed by atoms with Crippen LogP contribution >= 0.6 is 0 Å². The Morgan fingerprint density at radius 2 is 1.39 bits per heavy atom. The summed E-state index contributed by atoms with van der Waals surface area (Å²) in [6, 6.07) is 47.5. The normalized spacial score (nSPS) is 11.2. The van der Waals surface area contributed by atoms with Crippen molar-refractivity contribution in [1.29, 1.82) is 10.5 Å². The second kappa shape index (κ2) is 9.91. The van der Waals surface area contributed by atoms with Crippen LogP contribution in [0.5, 0.6) is 0 Å². The summed E-state index contributed by atoms with van der Waals surface area (Å²) in [6.07, 6.45) is 0. The fourth-order valence-electron chi connectivity index (χ4n) is 6.38. The van der Waals surface area contributed by atoms with Gasteiger partial charge in [0.15, 0.2) is 0 Å². The van der Waals surface area contributed by atoms with Crippen LogP contribution in [-0.2, 0) is 0 Å². The molecule has 0 radical (unpaired) electrons. The largest absolute Gasteiger partial charge is 0.456 e. The minimum absolute atomic E-state index is 0.605. The summed E-state index contributed by atoms with van der Waals surface area (Å²) in [4.78, 5) is 2.19. The molecule has 44 heavy (non-hydrogen) atoms. The maximum atomic E-state index is 9.93. The molecule has 0 atom stereocenters. The SMILES string of the molecule is CN(c1ccc2oc3ccc(C#N)cc3c2c1)c1ccc(-n2c3ccccc3c3c(C#N)cccc32)cc1-c1ccccc1. The number of para-hydroxylation sites is 1. The molecule has 5 heteroatoms. The maximum absolute atomic E-state index is 9.93. The maximum Gasteiger partial charge on any atom is 0.135 e. The second-order valence-corrected chi connectivity index (χ2v) is 10.9. The van der Waals surface area contributed by atoms with Gasteiger partial charge < -0.3 is 13.9 Å². The van der Waals surface area contributed by atoms with E-state index in [0.717, 1.165) is 71.9 Å². The minimum atomic E-state index is 0.605. The number of anilines is 2. The summed E-state index contributed by atoms with van der Waals surface area (Å²) in [6.45, 7) is 0. The zero-order valence-corrected chi connectivity index (χ0v) is 23.8. The Kier molecular flexibility index (Phi) is 5.72. The van der Waals surface area contributed by atoms with Gasteiger partial charge >= 0.3 is 0 Å². The highest BCUT2D eigenvalue weighted by Gasteiger charge is 2.19. The zero-order chi connectivity index (χ0) is 29.8. The molecule has 206 valence electrons. The van der Waals surface area contributed by atoms with Gasteiger partial charge in [-0.15, -0.1) is 0 Å². The molecule has 0 saturated carbocycles. The predicted molar refractivity (Wildman–Crippen MR) is 177 cm³/mol. The van der Waals surface area contributed by atoms with Gasteiger partial charge in [0.25, 0.3) is 0 Å². The van der Waals surface area contributed by atoms with Crippen molar-refractivity contribution in [2.24, 2.45) is 0 Å². The smallest absolute Gasteiger partial charge is 0.135 e. The van der Waals surface area contributed by atoms with E-state index in [1.165, 1.54) is 0 Å². The standard InChI is InChI=1S/C39H24N4O/c1-42(28-16-19-38-33(21-28)32-20-25(23-40)14-18-37(32)44-38)34-17-15-29(22-31(34)26-8-3-2-4-9-26)43-35-12-6-5-11-30(35)39-27(24-41)10-7-13-36(39)43/h2-22H,1H3. The summed E-state index contributed by atoms with van der Waals surface area (Å²) in [7, 11) is 2.07. The van der Waals surface area contributed by atoms with Gasteiger partial charge in [0.1, 0.15) is 11.2 Å². The molecule has 0 amide bonds. The molecular weight excluding hydrogens is 540 g/mol. The van der Waals surface area contributed by atoms with Crippen LogP contribution in [0.4, 0.5) is 11.4 Å². The molecule has 0 N–H and O–H groups in total. The Morgan fingerprint density at radius 1 is 0.636 bits per heavy atom. The van der Waals surface area contributed by atoms with Crippen molar-refractivity contribution in [3.05, 3.63) is 139 Å². The Balaban J connectivity index is 1.33. The summed E-state index contributed by atoms with van der Waals surface area (Å²) < 4.78 is 8.33. The number of hydrogen-bond acceptors (Lipinski definition) is 4. The highest BCUT2D eigenvalue weighted by molar-refractivity contribution is 6.12. The molecule has 5 nitrogen and oxygen atoms in total. The number of rotatable bonds is 4. The fourth-order valence-corrected chi connectivity index (χ4v) is 6.38. The third kappa shape index (κ3) is 3.85. The molecular formula is C39H24N4O. The molecule has 0 aliphatic rings. The third-order valence-corrected chi connectivity index (χ3v) is 8.47. The molecule has 0 unspecified atom stereocenters. The van der Waals surface area contributed by atoms with Gasteiger partial charge in [0.2, 0.25) is 0 Å². The van der Waals surface area contributed by atoms with E-state index in [-0.39, 0.29) is 0 Å². The lowest BCUT2D eigenvalue weighted by Gasteiger charge is -2.24. The van der Waals surface area contributed by atoms with Crippen molar-refractivity contribution in [2.75, 3.05) is 11.9 Å². The molecule has 0 fully saturated rings. The summed E-state index contributed by atoms with van der Waals surface area (Å²) in [5.41, 5.74) is 10.1. The number of nitriles is 2. The van der Waals surface area contributed by atoms with Crippen LogP contribution in [0.3, 0.4) is 0 Å². The van der Waals surface area contributed by atoms with E-state index in [2.05, 4.69) is 101 Å². The van der Waals surface area contributed by atoms with E-state index in [0.29, 0.717) is 11.1 Å². The zero-order valence-electron chi connectivity index (χ0n) is 23.8. The van der Waals surface area contributed by atoms with E-state index in [4.69, 9.17) is 4.42 Å². The van der Waals surface area contributed by atoms with Gasteiger partial charge in [-0.05, 0) is 78.4 Å². The lowest BCUT2D eigenvalue weighted by molar-refractivity contribution is 0.669. The molecule has 8 aromatic rings. The van der Waals surface area contributed by atoms with Gasteiger partial charge in [0, 0.05) is 51.2 Å². The van der Waals surface area contributed by atoms with Gasteiger partial charge in [-0.2, -0.15) is 10.5 Å². The number of nitrogens with zero attached hydrogens (tertiary/aromatic N) is 4. The molecule has 0 saturated heterocycles. The van der Waals surface area contributed by atoms with Gasteiger partial charge in [-0.1, -0.05) is 54.6 Å². The van der Waals surface area contributed by atoms with Crippen molar-refractivity contribution in [3.63, 3.8) is 0 Å². The molecule has 2 aromatic heterocycles. The van der Waals surface area contributed by atoms with Gasteiger partial charge in [-0.3, -0.25) is 0 Å². The van der Waals surface area contributed by atoms with Crippen molar-refractivity contribution in [3.8, 4) is 29.0 Å². The van der Waals surface area contributed by atoms with E-state index in [9.17, 15) is 10.5 Å². The number of aromatic nitrogens is 1.